The van der Waals surface area contributed by atoms with E-state index >= 15 is 0 Å². The van der Waals surface area contributed by atoms with Crippen molar-refractivity contribution in [2.24, 2.45) is 5.92 Å². The van der Waals surface area contributed by atoms with Crippen LogP contribution in [0.3, 0.4) is 0 Å². The van der Waals surface area contributed by atoms with Crippen molar-refractivity contribution in [2.45, 2.75) is 32.7 Å². The van der Waals surface area contributed by atoms with E-state index < -0.39 is 17.9 Å². The maximum atomic E-state index is 13.0. The van der Waals surface area contributed by atoms with Gasteiger partial charge in [-0.15, -0.1) is 0 Å². The molecular weight excluding hydrogens is 384 g/mol. The van der Waals surface area contributed by atoms with Crippen molar-refractivity contribution in [3.05, 3.63) is 53.9 Å². The molecule has 0 spiro atoms. The number of amides is 2. The van der Waals surface area contributed by atoms with Crippen molar-refractivity contribution < 1.29 is 19.1 Å². The number of carbonyl (C=O) groups is 3. The van der Waals surface area contributed by atoms with Gasteiger partial charge in [0.1, 0.15) is 0 Å². The number of rotatable bonds is 7. The first-order chi connectivity index (χ1) is 14.4. The molecule has 2 atom stereocenters. The Morgan fingerprint density at radius 2 is 2.17 bits per heavy atom. The average Bonchev–Trinajstić information content (AvgIpc) is 3.11. The van der Waals surface area contributed by atoms with E-state index in [-0.39, 0.29) is 37.8 Å². The van der Waals surface area contributed by atoms with Gasteiger partial charge in [-0.05, 0) is 43.2 Å². The summed E-state index contributed by atoms with van der Waals surface area (Å²) in [6.07, 6.45) is 3.31. The van der Waals surface area contributed by atoms with Crippen LogP contribution in [0.2, 0.25) is 0 Å². The Bertz CT molecular complexity index is 932. The van der Waals surface area contributed by atoms with E-state index in [9.17, 15) is 14.4 Å². The second-order valence-corrected chi connectivity index (χ2v) is 7.31. The van der Waals surface area contributed by atoms with Gasteiger partial charge in [0, 0.05) is 36.7 Å². The first-order valence-electron chi connectivity index (χ1n) is 9.91. The monoisotopic (exact) mass is 410 g/mol. The maximum Gasteiger partial charge on any atom is 0.308 e. The van der Waals surface area contributed by atoms with Crippen LogP contribution in [0.1, 0.15) is 36.9 Å². The van der Waals surface area contributed by atoms with Crippen molar-refractivity contribution in [3.8, 4) is 0 Å². The molecule has 0 radical (unpaired) electrons. The van der Waals surface area contributed by atoms with E-state index in [1.807, 2.05) is 13.0 Å². The molecule has 0 saturated carbocycles. The number of ether oxygens (including phenoxy) is 1. The number of hydrogen-bond donors (Lipinski definition) is 2. The van der Waals surface area contributed by atoms with E-state index in [4.69, 9.17) is 10.5 Å². The lowest BCUT2D eigenvalue weighted by Gasteiger charge is -2.21. The van der Waals surface area contributed by atoms with Crippen molar-refractivity contribution >= 4 is 29.2 Å². The number of benzene rings is 1. The van der Waals surface area contributed by atoms with E-state index in [1.54, 1.807) is 48.5 Å². The largest absolute Gasteiger partial charge is 0.466 e. The number of esters is 1. The third-order valence-corrected chi connectivity index (χ3v) is 5.10. The summed E-state index contributed by atoms with van der Waals surface area (Å²) in [5.74, 6) is -1.36. The van der Waals surface area contributed by atoms with Crippen LogP contribution in [0, 0.1) is 12.8 Å². The zero-order valence-electron chi connectivity index (χ0n) is 17.1. The normalized spacial score (nSPS) is 16.9. The van der Waals surface area contributed by atoms with Gasteiger partial charge < -0.3 is 20.7 Å². The average molecular weight is 410 g/mol. The summed E-state index contributed by atoms with van der Waals surface area (Å²) in [5.41, 5.74) is 8.75. The first-order valence-corrected chi connectivity index (χ1v) is 9.91. The fourth-order valence-corrected chi connectivity index (χ4v) is 3.54. The first kappa shape index (κ1) is 21.3. The number of aryl methyl sites for hydroxylation is 1. The smallest absolute Gasteiger partial charge is 0.308 e. The van der Waals surface area contributed by atoms with Gasteiger partial charge in [-0.25, -0.2) is 0 Å². The molecule has 2 heterocycles. The van der Waals surface area contributed by atoms with Crippen molar-refractivity contribution in [3.63, 3.8) is 0 Å². The molecule has 1 saturated heterocycles. The summed E-state index contributed by atoms with van der Waals surface area (Å²) in [7, 11) is 0. The van der Waals surface area contributed by atoms with Gasteiger partial charge in [-0.3, -0.25) is 19.4 Å². The number of aromatic nitrogens is 1. The van der Waals surface area contributed by atoms with Crippen LogP contribution in [0.4, 0.5) is 11.4 Å². The van der Waals surface area contributed by atoms with Crippen LogP contribution in [0.25, 0.3) is 0 Å². The maximum absolute atomic E-state index is 13.0. The zero-order valence-corrected chi connectivity index (χ0v) is 17.1. The molecule has 2 amide bonds. The van der Waals surface area contributed by atoms with Crippen LogP contribution >= 0.6 is 0 Å². The van der Waals surface area contributed by atoms with Crippen LogP contribution in [-0.2, 0) is 19.1 Å². The second kappa shape index (κ2) is 9.39. The van der Waals surface area contributed by atoms with Gasteiger partial charge >= 0.3 is 5.97 Å². The zero-order chi connectivity index (χ0) is 21.7. The highest BCUT2D eigenvalue weighted by Crippen LogP contribution is 2.30. The van der Waals surface area contributed by atoms with Crippen molar-refractivity contribution in [1.29, 1.82) is 0 Å². The molecule has 1 aromatic carbocycles. The molecule has 1 aliphatic heterocycles. The Kier molecular flexibility index (Phi) is 6.66. The molecule has 2 aromatic rings. The SMILES string of the molecule is CCOC(=O)CC(NC(=O)C1CC(=O)N(c2cc(N)ccc2C)C1)c1cccnc1. The molecule has 1 aliphatic rings. The highest BCUT2D eigenvalue weighted by Gasteiger charge is 2.36. The fraction of sp³-hybridized carbons (Fsp3) is 0.364. The summed E-state index contributed by atoms with van der Waals surface area (Å²) in [6, 6.07) is 8.32. The molecule has 3 rings (SSSR count). The quantitative estimate of drug-likeness (QED) is 0.534. The van der Waals surface area contributed by atoms with Crippen LogP contribution < -0.4 is 16.0 Å². The van der Waals surface area contributed by atoms with E-state index in [2.05, 4.69) is 10.3 Å². The highest BCUT2D eigenvalue weighted by atomic mass is 16.5. The van der Waals surface area contributed by atoms with Gasteiger partial charge in [-0.2, -0.15) is 0 Å². The van der Waals surface area contributed by atoms with Gasteiger partial charge in [0.05, 0.1) is 25.0 Å². The minimum atomic E-state index is -0.580. The van der Waals surface area contributed by atoms with Crippen molar-refractivity contribution in [2.75, 3.05) is 23.8 Å². The summed E-state index contributed by atoms with van der Waals surface area (Å²) >= 11 is 0. The number of pyridine rings is 1. The molecule has 8 heteroatoms. The predicted octanol–water partition coefficient (Wildman–Crippen LogP) is 2.14. The molecule has 0 aliphatic carbocycles. The van der Waals surface area contributed by atoms with E-state index in [0.29, 0.717) is 16.9 Å². The lowest BCUT2D eigenvalue weighted by molar-refractivity contribution is -0.144. The standard InChI is InChI=1S/C22H26N4O4/c1-3-30-21(28)11-18(15-5-4-8-24-12-15)25-22(29)16-9-20(27)26(13-16)19-10-17(23)7-6-14(19)2/h4-8,10,12,16,18H,3,9,11,13,23H2,1-2H3,(H,25,29). The lowest BCUT2D eigenvalue weighted by Crippen LogP contribution is -2.36. The molecule has 158 valence electrons. The molecule has 1 fully saturated rings. The van der Waals surface area contributed by atoms with E-state index in [1.165, 1.54) is 0 Å². The van der Waals surface area contributed by atoms with Crippen LogP contribution in [-0.4, -0.2) is 35.9 Å². The van der Waals surface area contributed by atoms with Gasteiger partial charge in [0.2, 0.25) is 11.8 Å². The summed E-state index contributed by atoms with van der Waals surface area (Å²) < 4.78 is 5.03. The summed E-state index contributed by atoms with van der Waals surface area (Å²) in [6.45, 7) is 4.14. The Morgan fingerprint density at radius 1 is 1.37 bits per heavy atom. The third kappa shape index (κ3) is 4.94. The highest BCUT2D eigenvalue weighted by molar-refractivity contribution is 6.01. The Morgan fingerprint density at radius 3 is 2.87 bits per heavy atom. The number of nitrogens with two attached hydrogens (primary N) is 1. The molecule has 8 nitrogen and oxygen atoms in total. The Labute approximate surface area is 175 Å². The topological polar surface area (TPSA) is 115 Å². The fourth-order valence-electron chi connectivity index (χ4n) is 3.54. The third-order valence-electron chi connectivity index (χ3n) is 5.10. The minimum absolute atomic E-state index is 0.00994. The molecule has 3 N–H and O–H groups in total. The predicted molar refractivity (Wildman–Crippen MR) is 112 cm³/mol. The molecular formula is C22H26N4O4. The number of hydrogen-bond acceptors (Lipinski definition) is 6. The number of anilines is 2. The minimum Gasteiger partial charge on any atom is -0.466 e. The Hall–Kier alpha value is -3.42. The van der Waals surface area contributed by atoms with Gasteiger partial charge in [0.15, 0.2) is 0 Å². The number of nitrogen functional groups attached to an aromatic ring is 1. The second-order valence-electron chi connectivity index (χ2n) is 7.31. The van der Waals surface area contributed by atoms with Crippen LogP contribution in [0.5, 0.6) is 0 Å². The van der Waals surface area contributed by atoms with Crippen molar-refractivity contribution in [1.82, 2.24) is 10.3 Å². The number of nitrogens with zero attached hydrogens (tertiary/aromatic N) is 2. The van der Waals surface area contributed by atoms with Gasteiger partial charge in [-0.1, -0.05) is 12.1 Å². The van der Waals surface area contributed by atoms with Crippen LogP contribution in [0.15, 0.2) is 42.7 Å². The lowest BCUT2D eigenvalue weighted by atomic mass is 10.0. The summed E-state index contributed by atoms with van der Waals surface area (Å²) in [4.78, 5) is 43.2. The van der Waals surface area contributed by atoms with E-state index in [0.717, 1.165) is 5.56 Å². The Balaban J connectivity index is 1.73. The molecule has 0 bridgehead atoms. The number of nitrogens with one attached hydrogen (secondary N) is 1. The molecule has 2 unspecified atom stereocenters. The van der Waals surface area contributed by atoms with Gasteiger partial charge in [0.25, 0.3) is 0 Å². The molecule has 30 heavy (non-hydrogen) atoms. The molecule has 1 aromatic heterocycles. The summed E-state index contributed by atoms with van der Waals surface area (Å²) in [5, 5.41) is 2.90. The number of carbonyl (C=O) groups excluding carboxylic acids is 3.